The summed E-state index contributed by atoms with van der Waals surface area (Å²) in [6.45, 7) is 7.82. The van der Waals surface area contributed by atoms with Crippen LogP contribution in [0.4, 0.5) is 0 Å². The monoisotopic (exact) mass is 308 g/mol. The molecule has 0 aliphatic heterocycles. The fourth-order valence-corrected chi connectivity index (χ4v) is 2.33. The van der Waals surface area contributed by atoms with Gasteiger partial charge in [0.1, 0.15) is 6.61 Å². The molecule has 0 aliphatic rings. The molecule has 0 saturated carbocycles. The molecular formula is C13H25O6P. The molecule has 0 aromatic rings. The van der Waals surface area contributed by atoms with Gasteiger partial charge in [0.05, 0.1) is 19.8 Å². The van der Waals surface area contributed by atoms with E-state index in [9.17, 15) is 9.36 Å². The third kappa shape index (κ3) is 10.1. The van der Waals surface area contributed by atoms with Crippen LogP contribution in [0.25, 0.3) is 0 Å². The summed E-state index contributed by atoms with van der Waals surface area (Å²) in [5, 5.41) is 0. The fraction of sp³-hybridized carbons (Fsp3) is 0.769. The molecule has 0 heterocycles. The van der Waals surface area contributed by atoms with Gasteiger partial charge >= 0.3 is 13.8 Å². The highest BCUT2D eigenvalue weighted by Crippen LogP contribution is 2.49. The predicted molar refractivity (Wildman–Crippen MR) is 76.4 cm³/mol. The number of carbonyl (C=O) groups is 1. The molecular weight excluding hydrogens is 283 g/mol. The second-order valence-electron chi connectivity index (χ2n) is 4.03. The molecule has 0 aliphatic carbocycles. The molecule has 0 aromatic carbocycles. The number of carbonyl (C=O) groups excluding carboxylic acids is 1. The molecule has 0 amide bonds. The van der Waals surface area contributed by atoms with Crippen molar-refractivity contribution in [3.05, 3.63) is 12.7 Å². The van der Waals surface area contributed by atoms with Gasteiger partial charge in [-0.2, -0.15) is 0 Å². The lowest BCUT2D eigenvalue weighted by atomic mass is 10.4. The first-order chi connectivity index (χ1) is 9.58. The molecule has 0 radical (unpaired) electrons. The Labute approximate surface area is 121 Å². The van der Waals surface area contributed by atoms with Crippen LogP contribution in [0.2, 0.25) is 0 Å². The summed E-state index contributed by atoms with van der Waals surface area (Å²) in [6.07, 6.45) is 4.44. The number of hydrogen-bond acceptors (Lipinski definition) is 6. The Balaban J connectivity index is 4.11. The highest BCUT2D eigenvalue weighted by atomic mass is 31.2. The van der Waals surface area contributed by atoms with E-state index in [1.165, 1.54) is 0 Å². The van der Waals surface area contributed by atoms with Crippen molar-refractivity contribution < 1.29 is 27.7 Å². The minimum absolute atomic E-state index is 0.0247. The lowest BCUT2D eigenvalue weighted by molar-refractivity contribution is -0.138. The highest BCUT2D eigenvalue weighted by Gasteiger charge is 2.26. The third-order valence-corrected chi connectivity index (χ3v) is 3.73. The van der Waals surface area contributed by atoms with E-state index in [1.807, 2.05) is 13.8 Å². The number of unbranched alkanes of at least 4 members (excludes halogenated alkanes) is 2. The number of phosphoric acid groups is 1. The van der Waals surface area contributed by atoms with Gasteiger partial charge in [0.15, 0.2) is 0 Å². The van der Waals surface area contributed by atoms with Gasteiger partial charge in [-0.15, -0.1) is 0 Å². The first kappa shape index (κ1) is 19.3. The Morgan fingerprint density at radius 2 is 1.50 bits per heavy atom. The summed E-state index contributed by atoms with van der Waals surface area (Å²) >= 11 is 0. The standard InChI is InChI=1S/C13H25O6P/c1-4-7-9-17-20(15,18-10-8-5-2)19-12-11-16-13(14)6-3/h6H,3-5,7-12H2,1-2H3. The second kappa shape index (κ2) is 12.1. The van der Waals surface area contributed by atoms with E-state index >= 15 is 0 Å². The van der Waals surface area contributed by atoms with Crippen LogP contribution in [0, 0.1) is 0 Å². The maximum Gasteiger partial charge on any atom is 0.474 e. The van der Waals surface area contributed by atoms with Crippen LogP contribution in [-0.4, -0.2) is 32.4 Å². The summed E-state index contributed by atoms with van der Waals surface area (Å²) in [5.74, 6) is -0.553. The molecule has 0 N–H and O–H groups in total. The van der Waals surface area contributed by atoms with Crippen LogP contribution in [0.5, 0.6) is 0 Å². The molecule has 0 saturated heterocycles. The molecule has 0 rings (SSSR count). The Hall–Kier alpha value is -0.680. The van der Waals surface area contributed by atoms with E-state index in [0.29, 0.717) is 13.2 Å². The number of ether oxygens (including phenoxy) is 1. The molecule has 0 unspecified atom stereocenters. The Morgan fingerprint density at radius 1 is 1.00 bits per heavy atom. The number of phosphoric ester groups is 1. The van der Waals surface area contributed by atoms with Crippen LogP contribution < -0.4 is 0 Å². The molecule has 20 heavy (non-hydrogen) atoms. The molecule has 7 heteroatoms. The van der Waals surface area contributed by atoms with Gasteiger partial charge in [0.2, 0.25) is 0 Å². The van der Waals surface area contributed by atoms with Crippen molar-refractivity contribution in [1.29, 1.82) is 0 Å². The second-order valence-corrected chi connectivity index (χ2v) is 5.69. The maximum atomic E-state index is 12.2. The molecule has 6 nitrogen and oxygen atoms in total. The average molecular weight is 308 g/mol. The van der Waals surface area contributed by atoms with Crippen LogP contribution in [0.15, 0.2) is 12.7 Å². The maximum absolute atomic E-state index is 12.2. The van der Waals surface area contributed by atoms with Crippen molar-refractivity contribution in [2.45, 2.75) is 39.5 Å². The average Bonchev–Trinajstić information content (AvgIpc) is 2.44. The Bertz CT molecular complexity index is 304. The van der Waals surface area contributed by atoms with Gasteiger partial charge < -0.3 is 4.74 Å². The first-order valence-corrected chi connectivity index (χ1v) is 8.36. The van der Waals surface area contributed by atoms with Crippen molar-refractivity contribution in [3.8, 4) is 0 Å². The quantitative estimate of drug-likeness (QED) is 0.224. The van der Waals surface area contributed by atoms with E-state index in [-0.39, 0.29) is 13.2 Å². The van der Waals surface area contributed by atoms with Crippen molar-refractivity contribution in [3.63, 3.8) is 0 Å². The van der Waals surface area contributed by atoms with Gasteiger partial charge in [-0.25, -0.2) is 9.36 Å². The smallest absolute Gasteiger partial charge is 0.460 e. The van der Waals surface area contributed by atoms with E-state index < -0.39 is 13.8 Å². The molecule has 0 spiro atoms. The zero-order valence-corrected chi connectivity index (χ0v) is 13.2. The van der Waals surface area contributed by atoms with Crippen molar-refractivity contribution in [2.24, 2.45) is 0 Å². The molecule has 118 valence electrons. The minimum atomic E-state index is -3.56. The summed E-state index contributed by atoms with van der Waals surface area (Å²) in [4.78, 5) is 10.8. The zero-order chi connectivity index (χ0) is 15.3. The van der Waals surface area contributed by atoms with E-state index in [4.69, 9.17) is 18.3 Å². The minimum Gasteiger partial charge on any atom is -0.460 e. The first-order valence-electron chi connectivity index (χ1n) is 6.90. The SMILES string of the molecule is C=CC(=O)OCCOP(=O)(OCCCC)OCCCC. The lowest BCUT2D eigenvalue weighted by Crippen LogP contribution is -2.10. The summed E-state index contributed by atoms with van der Waals surface area (Å²) in [5.41, 5.74) is 0. The number of rotatable bonds is 13. The Kier molecular flexibility index (Phi) is 11.7. The van der Waals surface area contributed by atoms with Gasteiger partial charge in [0.25, 0.3) is 0 Å². The van der Waals surface area contributed by atoms with Crippen LogP contribution in [0.3, 0.4) is 0 Å². The van der Waals surface area contributed by atoms with Crippen LogP contribution >= 0.6 is 7.82 Å². The molecule has 0 aromatic heterocycles. The van der Waals surface area contributed by atoms with Gasteiger partial charge in [-0.3, -0.25) is 13.6 Å². The van der Waals surface area contributed by atoms with Crippen molar-refractivity contribution >= 4 is 13.8 Å². The summed E-state index contributed by atoms with van der Waals surface area (Å²) in [7, 11) is -3.56. The number of hydrogen-bond donors (Lipinski definition) is 0. The van der Waals surface area contributed by atoms with E-state index in [2.05, 4.69) is 6.58 Å². The molecule has 0 fully saturated rings. The van der Waals surface area contributed by atoms with E-state index in [1.54, 1.807) is 0 Å². The van der Waals surface area contributed by atoms with Crippen molar-refractivity contribution in [2.75, 3.05) is 26.4 Å². The Morgan fingerprint density at radius 3 is 1.95 bits per heavy atom. The van der Waals surface area contributed by atoms with Crippen molar-refractivity contribution in [1.82, 2.24) is 0 Å². The van der Waals surface area contributed by atoms with Crippen LogP contribution in [-0.2, 0) is 27.7 Å². The van der Waals surface area contributed by atoms with Gasteiger partial charge in [-0.05, 0) is 12.8 Å². The lowest BCUT2D eigenvalue weighted by Gasteiger charge is -2.17. The molecule has 0 bridgehead atoms. The molecule has 0 atom stereocenters. The zero-order valence-electron chi connectivity index (χ0n) is 12.3. The predicted octanol–water partition coefficient (Wildman–Crippen LogP) is 3.47. The normalized spacial score (nSPS) is 11.3. The summed E-state index contributed by atoms with van der Waals surface area (Å²) < 4.78 is 32.5. The third-order valence-electron chi connectivity index (χ3n) is 2.24. The summed E-state index contributed by atoms with van der Waals surface area (Å²) in [6, 6.07) is 0. The fourth-order valence-electron chi connectivity index (χ4n) is 1.10. The number of esters is 1. The van der Waals surface area contributed by atoms with E-state index in [0.717, 1.165) is 31.8 Å². The van der Waals surface area contributed by atoms with Gasteiger partial charge in [0, 0.05) is 6.08 Å². The highest BCUT2D eigenvalue weighted by molar-refractivity contribution is 7.48. The van der Waals surface area contributed by atoms with Gasteiger partial charge in [-0.1, -0.05) is 33.3 Å². The van der Waals surface area contributed by atoms with Crippen LogP contribution in [0.1, 0.15) is 39.5 Å². The topological polar surface area (TPSA) is 71.1 Å². The largest absolute Gasteiger partial charge is 0.474 e.